The van der Waals surface area contributed by atoms with Gasteiger partial charge in [-0.15, -0.1) is 11.3 Å². The fourth-order valence-electron chi connectivity index (χ4n) is 4.64. The summed E-state index contributed by atoms with van der Waals surface area (Å²) in [5.41, 5.74) is 1.41. The quantitative estimate of drug-likeness (QED) is 0.791. The Morgan fingerprint density at radius 1 is 1.22 bits per heavy atom. The molecule has 2 aliphatic heterocycles. The van der Waals surface area contributed by atoms with Crippen molar-refractivity contribution in [2.45, 2.75) is 51.0 Å². The molecule has 0 bridgehead atoms. The van der Waals surface area contributed by atoms with Crippen molar-refractivity contribution in [1.29, 1.82) is 0 Å². The van der Waals surface area contributed by atoms with Gasteiger partial charge in [0.15, 0.2) is 0 Å². The maximum absolute atomic E-state index is 12.9. The van der Waals surface area contributed by atoms with E-state index in [1.165, 1.54) is 22.2 Å². The molecule has 0 radical (unpaired) electrons. The molecular weight excluding hydrogens is 360 g/mol. The number of aromatic nitrogens is 2. The van der Waals surface area contributed by atoms with Gasteiger partial charge in [0.05, 0.1) is 18.0 Å². The number of thiophene rings is 1. The minimum Gasteiger partial charge on any atom is -0.376 e. The molecule has 7 heteroatoms. The first-order valence-corrected chi connectivity index (χ1v) is 11.0. The Labute approximate surface area is 163 Å². The zero-order valence-corrected chi connectivity index (χ0v) is 16.5. The first-order valence-electron chi connectivity index (χ1n) is 10.2. The number of nitrogens with zero attached hydrogens (tertiary/aromatic N) is 4. The number of amides is 1. The molecular formula is C20H26N4O2S. The molecule has 5 rings (SSSR count). The van der Waals surface area contributed by atoms with E-state index in [1.807, 2.05) is 4.90 Å². The number of anilines is 1. The van der Waals surface area contributed by atoms with Crippen LogP contribution in [0.2, 0.25) is 0 Å². The molecule has 3 aliphatic rings. The Balaban J connectivity index is 1.49. The second kappa shape index (κ2) is 7.36. The summed E-state index contributed by atoms with van der Waals surface area (Å²) < 4.78 is 5.89. The molecule has 2 aromatic heterocycles. The monoisotopic (exact) mass is 386 g/mol. The number of carbonyl (C=O) groups excluding carboxylic acids is 1. The topological polar surface area (TPSA) is 58.6 Å². The van der Waals surface area contributed by atoms with Crippen molar-refractivity contribution in [3.8, 4) is 0 Å². The molecule has 0 N–H and O–H groups in total. The first kappa shape index (κ1) is 17.4. The summed E-state index contributed by atoms with van der Waals surface area (Å²) >= 11 is 1.80. The Bertz CT molecular complexity index is 840. The molecule has 1 unspecified atom stereocenters. The number of rotatable bonds is 5. The van der Waals surface area contributed by atoms with Crippen LogP contribution in [0.5, 0.6) is 0 Å². The van der Waals surface area contributed by atoms with Crippen LogP contribution in [-0.4, -0.2) is 59.7 Å². The average Bonchev–Trinajstić information content (AvgIpc) is 3.44. The van der Waals surface area contributed by atoms with Crippen LogP contribution in [0.1, 0.15) is 42.5 Å². The van der Waals surface area contributed by atoms with E-state index in [0.29, 0.717) is 6.54 Å². The second-order valence-corrected chi connectivity index (χ2v) is 8.92. The third kappa shape index (κ3) is 3.31. The summed E-state index contributed by atoms with van der Waals surface area (Å²) in [5.74, 6) is 1.14. The van der Waals surface area contributed by atoms with Crippen molar-refractivity contribution in [3.05, 3.63) is 16.8 Å². The number of hydrogen-bond acceptors (Lipinski definition) is 6. The lowest BCUT2D eigenvalue weighted by molar-refractivity contribution is -0.128. The molecule has 0 aromatic carbocycles. The fraction of sp³-hybridized carbons (Fsp3) is 0.650. The van der Waals surface area contributed by atoms with Gasteiger partial charge < -0.3 is 14.5 Å². The number of carbonyl (C=O) groups is 1. The predicted octanol–water partition coefficient (Wildman–Crippen LogP) is 2.79. The SMILES string of the molecule is O=C(CN(CC1CCCO1)c1ncnc2sc3c(c12)CCC3)N1CCCC1. The van der Waals surface area contributed by atoms with Gasteiger partial charge in [0.25, 0.3) is 0 Å². The van der Waals surface area contributed by atoms with E-state index in [9.17, 15) is 4.79 Å². The van der Waals surface area contributed by atoms with Crippen LogP contribution in [0.25, 0.3) is 10.2 Å². The van der Waals surface area contributed by atoms with Crippen LogP contribution < -0.4 is 4.90 Å². The van der Waals surface area contributed by atoms with Crippen LogP contribution in [0.15, 0.2) is 6.33 Å². The van der Waals surface area contributed by atoms with E-state index >= 15 is 0 Å². The Hall–Kier alpha value is -1.73. The lowest BCUT2D eigenvalue weighted by Gasteiger charge is -2.28. The molecule has 6 nitrogen and oxygen atoms in total. The molecule has 1 atom stereocenters. The van der Waals surface area contributed by atoms with Gasteiger partial charge in [-0.25, -0.2) is 9.97 Å². The summed E-state index contributed by atoms with van der Waals surface area (Å²) in [6.45, 7) is 3.72. The normalized spacial score (nSPS) is 21.9. The van der Waals surface area contributed by atoms with Crippen molar-refractivity contribution < 1.29 is 9.53 Å². The van der Waals surface area contributed by atoms with Gasteiger partial charge in [-0.3, -0.25) is 4.79 Å². The maximum Gasteiger partial charge on any atom is 0.242 e. The van der Waals surface area contributed by atoms with Crippen molar-refractivity contribution >= 4 is 33.3 Å². The van der Waals surface area contributed by atoms with Gasteiger partial charge in [0.1, 0.15) is 17.0 Å². The summed E-state index contributed by atoms with van der Waals surface area (Å²) in [4.78, 5) is 28.8. The third-order valence-electron chi connectivity index (χ3n) is 6.01. The number of fused-ring (bicyclic) bond motifs is 3. The number of aryl methyl sites for hydroxylation is 2. The molecule has 2 aromatic rings. The first-order chi connectivity index (χ1) is 13.3. The lowest BCUT2D eigenvalue weighted by Crippen LogP contribution is -2.42. The molecule has 1 aliphatic carbocycles. The maximum atomic E-state index is 12.9. The largest absolute Gasteiger partial charge is 0.376 e. The Morgan fingerprint density at radius 2 is 2.11 bits per heavy atom. The summed E-state index contributed by atoms with van der Waals surface area (Å²) in [6, 6.07) is 0. The second-order valence-electron chi connectivity index (χ2n) is 7.84. The van der Waals surface area contributed by atoms with E-state index < -0.39 is 0 Å². The number of hydrogen-bond donors (Lipinski definition) is 0. The number of ether oxygens (including phenoxy) is 1. The van der Waals surface area contributed by atoms with Crippen LogP contribution in [0, 0.1) is 0 Å². The predicted molar refractivity (Wildman–Crippen MR) is 106 cm³/mol. The minimum atomic E-state index is 0.188. The highest BCUT2D eigenvalue weighted by Gasteiger charge is 2.29. The van der Waals surface area contributed by atoms with Crippen molar-refractivity contribution in [1.82, 2.24) is 14.9 Å². The fourth-order valence-corrected chi connectivity index (χ4v) is 5.87. The van der Waals surface area contributed by atoms with E-state index in [-0.39, 0.29) is 12.0 Å². The van der Waals surface area contributed by atoms with Crippen molar-refractivity contribution in [3.63, 3.8) is 0 Å². The summed E-state index contributed by atoms with van der Waals surface area (Å²) in [5, 5.41) is 1.18. The van der Waals surface area contributed by atoms with Gasteiger partial charge in [0.2, 0.25) is 5.91 Å². The van der Waals surface area contributed by atoms with E-state index in [0.717, 1.165) is 75.4 Å². The van der Waals surface area contributed by atoms with Crippen LogP contribution in [0.3, 0.4) is 0 Å². The van der Waals surface area contributed by atoms with Gasteiger partial charge in [0, 0.05) is 31.1 Å². The molecule has 144 valence electrons. The van der Waals surface area contributed by atoms with Gasteiger partial charge in [-0.2, -0.15) is 0 Å². The van der Waals surface area contributed by atoms with Crippen LogP contribution in [-0.2, 0) is 22.4 Å². The van der Waals surface area contributed by atoms with Crippen LogP contribution in [0.4, 0.5) is 5.82 Å². The average molecular weight is 387 g/mol. The number of likely N-dealkylation sites (tertiary alicyclic amines) is 1. The Morgan fingerprint density at radius 3 is 2.93 bits per heavy atom. The zero-order chi connectivity index (χ0) is 18.2. The Kier molecular flexibility index (Phi) is 4.73. The van der Waals surface area contributed by atoms with E-state index in [2.05, 4.69) is 14.9 Å². The lowest BCUT2D eigenvalue weighted by atomic mass is 10.1. The van der Waals surface area contributed by atoms with E-state index in [4.69, 9.17) is 4.74 Å². The van der Waals surface area contributed by atoms with Crippen LogP contribution >= 0.6 is 11.3 Å². The van der Waals surface area contributed by atoms with E-state index in [1.54, 1.807) is 17.7 Å². The highest BCUT2D eigenvalue weighted by molar-refractivity contribution is 7.19. The molecule has 1 amide bonds. The third-order valence-corrected chi connectivity index (χ3v) is 7.21. The van der Waals surface area contributed by atoms with Gasteiger partial charge >= 0.3 is 0 Å². The highest BCUT2D eigenvalue weighted by atomic mass is 32.1. The minimum absolute atomic E-state index is 0.188. The molecule has 2 fully saturated rings. The molecule has 27 heavy (non-hydrogen) atoms. The standard InChI is InChI=1S/C20H26N4O2S/c25-17(23-8-1-2-9-23)12-24(11-14-5-4-10-26-14)19-18-15-6-3-7-16(15)27-20(18)22-13-21-19/h13-14H,1-12H2. The smallest absolute Gasteiger partial charge is 0.242 e. The van der Waals surface area contributed by atoms with Gasteiger partial charge in [-0.05, 0) is 50.5 Å². The summed E-state index contributed by atoms with van der Waals surface area (Å²) in [6.07, 6.45) is 9.71. The molecule has 2 saturated heterocycles. The molecule has 0 spiro atoms. The zero-order valence-electron chi connectivity index (χ0n) is 15.7. The van der Waals surface area contributed by atoms with Crippen molar-refractivity contribution in [2.75, 3.05) is 37.7 Å². The summed E-state index contributed by atoms with van der Waals surface area (Å²) in [7, 11) is 0. The van der Waals surface area contributed by atoms with Gasteiger partial charge in [-0.1, -0.05) is 0 Å². The molecule has 0 saturated carbocycles. The molecule has 4 heterocycles. The highest BCUT2D eigenvalue weighted by Crippen LogP contribution is 2.40. The van der Waals surface area contributed by atoms with Crippen molar-refractivity contribution in [2.24, 2.45) is 0 Å².